The number of hydrogen-bond donors (Lipinski definition) is 1. The number of carbonyl (C=O) groups is 2. The molecule has 5 nitrogen and oxygen atoms in total. The predicted molar refractivity (Wildman–Crippen MR) is 98.7 cm³/mol. The molecule has 2 aromatic rings. The number of ether oxygens (including phenoxy) is 2. The first-order valence-corrected chi connectivity index (χ1v) is 8.57. The van der Waals surface area contributed by atoms with Gasteiger partial charge in [0.2, 0.25) is 0 Å². The maximum Gasteiger partial charge on any atom is 0.573 e. The van der Waals surface area contributed by atoms with Crippen LogP contribution in [0, 0.1) is 6.92 Å². The monoisotopic (exact) mass is 403 g/mol. The lowest BCUT2D eigenvalue weighted by atomic mass is 10.1. The minimum absolute atomic E-state index is 0.0399. The van der Waals surface area contributed by atoms with E-state index in [1.54, 1.807) is 37.3 Å². The second-order valence-corrected chi connectivity index (χ2v) is 6.20. The van der Waals surface area contributed by atoms with E-state index in [1.807, 2.05) is 0 Å². The number of amides is 1. The van der Waals surface area contributed by atoms with Gasteiger partial charge >= 0.3 is 6.36 Å². The van der Waals surface area contributed by atoms with E-state index in [9.17, 15) is 22.8 Å². The van der Waals surface area contributed by atoms with Crippen LogP contribution in [0.2, 0.25) is 0 Å². The molecule has 0 radical (unpaired) electrons. The largest absolute Gasteiger partial charge is 0.573 e. The Morgan fingerprint density at radius 2 is 1.86 bits per heavy atom. The van der Waals surface area contributed by atoms with Crippen LogP contribution >= 0.6 is 0 Å². The molecule has 1 amide bonds. The van der Waals surface area contributed by atoms with Gasteiger partial charge in [-0.2, -0.15) is 0 Å². The van der Waals surface area contributed by atoms with E-state index in [0.29, 0.717) is 5.75 Å². The van der Waals surface area contributed by atoms with Gasteiger partial charge in [-0.15, -0.1) is 13.2 Å². The molecule has 0 spiro atoms. The molecule has 0 aromatic heterocycles. The Bertz CT molecular complexity index is 1010. The topological polar surface area (TPSA) is 64.6 Å². The van der Waals surface area contributed by atoms with Gasteiger partial charge in [-0.25, -0.2) is 0 Å². The van der Waals surface area contributed by atoms with Crippen LogP contribution in [0.25, 0.3) is 0 Å². The summed E-state index contributed by atoms with van der Waals surface area (Å²) in [5.41, 5.74) is 0.829. The summed E-state index contributed by atoms with van der Waals surface area (Å²) < 4.78 is 47.4. The van der Waals surface area contributed by atoms with E-state index < -0.39 is 18.0 Å². The summed E-state index contributed by atoms with van der Waals surface area (Å²) in [6.45, 7) is 1.79. The Morgan fingerprint density at radius 1 is 1.10 bits per heavy atom. The summed E-state index contributed by atoms with van der Waals surface area (Å²) in [6.07, 6.45) is -0.331. The lowest BCUT2D eigenvalue weighted by molar-refractivity contribution is -0.274. The van der Waals surface area contributed by atoms with Gasteiger partial charge in [-0.3, -0.25) is 9.59 Å². The van der Waals surface area contributed by atoms with Gasteiger partial charge < -0.3 is 14.8 Å². The molecule has 8 heteroatoms. The molecule has 0 saturated heterocycles. The fourth-order valence-corrected chi connectivity index (χ4v) is 2.62. The highest BCUT2D eigenvalue weighted by Gasteiger charge is 2.31. The SMILES string of the molecule is Cc1ccccc1Oc1ccc(OC(F)(F)F)cc1C(=O)NC1=CC(=O)CC=C1. The average molecular weight is 403 g/mol. The zero-order valence-corrected chi connectivity index (χ0v) is 15.2. The number of aryl methyl sites for hydroxylation is 1. The van der Waals surface area contributed by atoms with Crippen LogP contribution in [0.4, 0.5) is 13.2 Å². The molecule has 0 bridgehead atoms. The van der Waals surface area contributed by atoms with Gasteiger partial charge in [-0.05, 0) is 42.8 Å². The number of alkyl halides is 3. The molecule has 0 saturated carbocycles. The van der Waals surface area contributed by atoms with Crippen LogP contribution in [0.15, 0.2) is 66.4 Å². The lowest BCUT2D eigenvalue weighted by Crippen LogP contribution is -2.24. The quantitative estimate of drug-likeness (QED) is 0.777. The molecule has 0 atom stereocenters. The third-order valence-electron chi connectivity index (χ3n) is 3.93. The van der Waals surface area contributed by atoms with Crippen molar-refractivity contribution in [2.45, 2.75) is 19.7 Å². The number of carbonyl (C=O) groups excluding carboxylic acids is 2. The third kappa shape index (κ3) is 5.47. The molecule has 0 fully saturated rings. The van der Waals surface area contributed by atoms with E-state index in [1.165, 1.54) is 18.2 Å². The maximum absolute atomic E-state index is 12.7. The van der Waals surface area contributed by atoms with Crippen LogP contribution in [0.3, 0.4) is 0 Å². The summed E-state index contributed by atoms with van der Waals surface area (Å²) in [7, 11) is 0. The number of nitrogens with one attached hydrogen (secondary N) is 1. The number of allylic oxidation sites excluding steroid dienone is 3. The van der Waals surface area contributed by atoms with Crippen LogP contribution in [-0.4, -0.2) is 18.1 Å². The van der Waals surface area contributed by atoms with Crippen molar-refractivity contribution in [3.8, 4) is 17.2 Å². The van der Waals surface area contributed by atoms with Crippen molar-refractivity contribution in [1.82, 2.24) is 5.32 Å². The molecule has 2 aromatic carbocycles. The lowest BCUT2D eigenvalue weighted by Gasteiger charge is -2.16. The summed E-state index contributed by atoms with van der Waals surface area (Å²) in [4.78, 5) is 24.2. The maximum atomic E-state index is 12.7. The Kier molecular flexibility index (Phi) is 5.72. The summed E-state index contributed by atoms with van der Waals surface area (Å²) in [5.74, 6) is -1.03. The molecule has 3 rings (SSSR count). The van der Waals surface area contributed by atoms with Crippen molar-refractivity contribution in [1.29, 1.82) is 0 Å². The van der Waals surface area contributed by atoms with Gasteiger partial charge in [0.05, 0.1) is 5.56 Å². The smallest absolute Gasteiger partial charge is 0.456 e. The molecule has 1 aliphatic rings. The van der Waals surface area contributed by atoms with Crippen LogP contribution in [0.1, 0.15) is 22.3 Å². The highest BCUT2D eigenvalue weighted by molar-refractivity contribution is 6.00. The predicted octanol–water partition coefficient (Wildman–Crippen LogP) is 4.83. The highest BCUT2D eigenvalue weighted by Crippen LogP contribution is 2.32. The van der Waals surface area contributed by atoms with Gasteiger partial charge in [0, 0.05) is 18.2 Å². The van der Waals surface area contributed by atoms with Crippen molar-refractivity contribution in [2.75, 3.05) is 0 Å². The van der Waals surface area contributed by atoms with Crippen LogP contribution in [-0.2, 0) is 4.79 Å². The molecule has 0 aliphatic heterocycles. The van der Waals surface area contributed by atoms with Crippen molar-refractivity contribution >= 4 is 11.7 Å². The minimum Gasteiger partial charge on any atom is -0.456 e. The standard InChI is InChI=1S/C21H16F3NO4/c1-13-5-2-3-8-18(13)28-19-10-9-16(29-21(22,23)24)12-17(19)20(27)25-14-6-4-7-15(26)11-14/h2-6,8-12H,7H2,1H3,(H,25,27). The summed E-state index contributed by atoms with van der Waals surface area (Å²) in [5, 5.41) is 2.49. The molecule has 1 N–H and O–H groups in total. The highest BCUT2D eigenvalue weighted by atomic mass is 19.4. The van der Waals surface area contributed by atoms with Crippen molar-refractivity contribution in [2.24, 2.45) is 0 Å². The minimum atomic E-state index is -4.91. The molecule has 150 valence electrons. The van der Waals surface area contributed by atoms with E-state index in [2.05, 4.69) is 10.1 Å². The first-order chi connectivity index (χ1) is 13.7. The third-order valence-corrected chi connectivity index (χ3v) is 3.93. The Morgan fingerprint density at radius 3 is 2.55 bits per heavy atom. The summed E-state index contributed by atoms with van der Waals surface area (Å²) in [6, 6.07) is 10.2. The second kappa shape index (κ2) is 8.22. The Balaban J connectivity index is 1.94. The molecule has 0 heterocycles. The Labute approximate surface area is 164 Å². The van der Waals surface area contributed by atoms with Crippen molar-refractivity contribution in [3.05, 3.63) is 77.5 Å². The zero-order chi connectivity index (χ0) is 21.0. The van der Waals surface area contributed by atoms with Crippen LogP contribution < -0.4 is 14.8 Å². The van der Waals surface area contributed by atoms with E-state index in [4.69, 9.17) is 4.74 Å². The molecule has 0 unspecified atom stereocenters. The first-order valence-electron chi connectivity index (χ1n) is 8.57. The molecular weight excluding hydrogens is 387 g/mol. The number of ketones is 1. The van der Waals surface area contributed by atoms with Gasteiger partial charge in [0.1, 0.15) is 17.2 Å². The number of para-hydroxylation sites is 1. The fourth-order valence-electron chi connectivity index (χ4n) is 2.62. The van der Waals surface area contributed by atoms with Gasteiger partial charge in [0.15, 0.2) is 5.78 Å². The molecule has 29 heavy (non-hydrogen) atoms. The Hall–Kier alpha value is -3.55. The van der Waals surface area contributed by atoms with E-state index >= 15 is 0 Å². The average Bonchev–Trinajstić information content (AvgIpc) is 2.63. The number of hydrogen-bond acceptors (Lipinski definition) is 4. The van der Waals surface area contributed by atoms with Crippen molar-refractivity contribution in [3.63, 3.8) is 0 Å². The van der Waals surface area contributed by atoms with Crippen molar-refractivity contribution < 1.29 is 32.2 Å². The normalized spacial score (nSPS) is 13.7. The number of rotatable bonds is 5. The van der Waals surface area contributed by atoms with Gasteiger partial charge in [-0.1, -0.05) is 24.3 Å². The zero-order valence-electron chi connectivity index (χ0n) is 15.2. The van der Waals surface area contributed by atoms with Gasteiger partial charge in [0.25, 0.3) is 5.91 Å². The first kappa shape index (κ1) is 20.2. The van der Waals surface area contributed by atoms with E-state index in [-0.39, 0.29) is 29.2 Å². The molecule has 1 aliphatic carbocycles. The fraction of sp³-hybridized carbons (Fsp3) is 0.143. The summed E-state index contributed by atoms with van der Waals surface area (Å²) >= 11 is 0. The molecular formula is C21H16F3NO4. The number of halogens is 3. The second-order valence-electron chi connectivity index (χ2n) is 6.20. The van der Waals surface area contributed by atoms with Crippen LogP contribution in [0.5, 0.6) is 17.2 Å². The number of benzene rings is 2. The van der Waals surface area contributed by atoms with E-state index in [0.717, 1.165) is 17.7 Å².